The maximum absolute atomic E-state index is 14.0. The first-order valence-electron chi connectivity index (χ1n) is 8.28. The molecule has 28 heavy (non-hydrogen) atoms. The third-order valence-electron chi connectivity index (χ3n) is 4.22. The summed E-state index contributed by atoms with van der Waals surface area (Å²) >= 11 is 7.45. The number of ether oxygens (including phenoxy) is 1. The number of rotatable bonds is 2. The molecule has 4 rings (SSSR count). The normalized spacial score (nSPS) is 15.3. The van der Waals surface area contributed by atoms with Gasteiger partial charge in [-0.05, 0) is 36.6 Å². The number of fused-ring (bicyclic) bond motifs is 3. The van der Waals surface area contributed by atoms with Crippen LogP contribution in [0.3, 0.4) is 0 Å². The van der Waals surface area contributed by atoms with E-state index < -0.39 is 12.0 Å². The average Bonchev–Trinajstić information content (AvgIpc) is 2.81. The highest BCUT2D eigenvalue weighted by Gasteiger charge is 2.35. The van der Waals surface area contributed by atoms with Crippen LogP contribution in [0.15, 0.2) is 47.6 Å². The summed E-state index contributed by atoms with van der Waals surface area (Å²) in [5.41, 5.74) is 1.74. The van der Waals surface area contributed by atoms with Crippen molar-refractivity contribution in [2.45, 2.75) is 18.3 Å². The van der Waals surface area contributed by atoms with E-state index in [9.17, 15) is 9.18 Å². The summed E-state index contributed by atoms with van der Waals surface area (Å²) in [5.74, 6) is -0.589. The van der Waals surface area contributed by atoms with Crippen LogP contribution in [0.4, 0.5) is 10.1 Å². The zero-order valence-electron chi connectivity index (χ0n) is 14.9. The molecule has 2 aromatic carbocycles. The zero-order valence-corrected chi connectivity index (χ0v) is 16.5. The van der Waals surface area contributed by atoms with Crippen LogP contribution in [0.25, 0.3) is 11.3 Å². The number of carbonyl (C=O) groups excluding carboxylic acids is 1. The Morgan fingerprint density at radius 2 is 2.07 bits per heavy atom. The fourth-order valence-corrected chi connectivity index (χ4v) is 3.54. The van der Waals surface area contributed by atoms with Gasteiger partial charge in [-0.2, -0.15) is 4.98 Å². The number of carbonyl (C=O) groups is 1. The van der Waals surface area contributed by atoms with Crippen LogP contribution in [0.5, 0.6) is 5.88 Å². The van der Waals surface area contributed by atoms with E-state index in [1.165, 1.54) is 41.8 Å². The van der Waals surface area contributed by atoms with Crippen molar-refractivity contribution in [2.75, 3.05) is 11.2 Å². The number of hydrogen-bond donors (Lipinski definition) is 0. The van der Waals surface area contributed by atoms with E-state index >= 15 is 0 Å². The van der Waals surface area contributed by atoms with Crippen LogP contribution < -0.4 is 9.64 Å². The van der Waals surface area contributed by atoms with Gasteiger partial charge in [0.05, 0.1) is 5.69 Å². The highest BCUT2D eigenvalue weighted by Crippen LogP contribution is 2.43. The molecule has 0 bridgehead atoms. The van der Waals surface area contributed by atoms with Crippen molar-refractivity contribution in [1.29, 1.82) is 0 Å². The number of benzene rings is 2. The molecule has 0 fully saturated rings. The van der Waals surface area contributed by atoms with Gasteiger partial charge in [0, 0.05) is 23.1 Å². The Morgan fingerprint density at radius 3 is 2.79 bits per heavy atom. The summed E-state index contributed by atoms with van der Waals surface area (Å²) in [7, 11) is 0. The Morgan fingerprint density at radius 1 is 1.25 bits per heavy atom. The minimum absolute atomic E-state index is 0.167. The molecule has 1 atom stereocenters. The van der Waals surface area contributed by atoms with Gasteiger partial charge in [-0.15, -0.1) is 10.2 Å². The molecule has 0 saturated heterocycles. The fraction of sp³-hybridized carbons (Fsp3) is 0.158. The quantitative estimate of drug-likeness (QED) is 0.573. The van der Waals surface area contributed by atoms with Gasteiger partial charge in [0.15, 0.2) is 5.69 Å². The molecule has 1 aliphatic rings. The van der Waals surface area contributed by atoms with E-state index in [2.05, 4.69) is 15.2 Å². The van der Waals surface area contributed by atoms with Crippen LogP contribution in [0, 0.1) is 5.82 Å². The molecule has 6 nitrogen and oxygen atoms in total. The van der Waals surface area contributed by atoms with Crippen molar-refractivity contribution in [3.8, 4) is 17.1 Å². The van der Waals surface area contributed by atoms with Crippen molar-refractivity contribution in [3.05, 3.63) is 58.9 Å². The van der Waals surface area contributed by atoms with Crippen LogP contribution in [0.1, 0.15) is 18.7 Å². The molecule has 1 aliphatic heterocycles. The maximum Gasteiger partial charge on any atom is 0.247 e. The SMILES string of the molecule is CSc1nnc2c(n1)O[C@H](c1cccc(Cl)c1)N(C(C)=O)c1ccc(F)cc1-2. The highest BCUT2D eigenvalue weighted by atomic mass is 35.5. The minimum atomic E-state index is -0.854. The van der Waals surface area contributed by atoms with E-state index in [0.717, 1.165) is 0 Å². The van der Waals surface area contributed by atoms with Gasteiger partial charge in [0.25, 0.3) is 0 Å². The molecule has 1 aromatic heterocycles. The van der Waals surface area contributed by atoms with Gasteiger partial charge in [-0.1, -0.05) is 35.5 Å². The molecule has 0 aliphatic carbocycles. The largest absolute Gasteiger partial charge is 0.447 e. The average molecular weight is 417 g/mol. The van der Waals surface area contributed by atoms with Crippen LogP contribution in [-0.2, 0) is 4.79 Å². The molecule has 1 amide bonds. The van der Waals surface area contributed by atoms with Crippen molar-refractivity contribution < 1.29 is 13.9 Å². The van der Waals surface area contributed by atoms with Gasteiger partial charge >= 0.3 is 0 Å². The first kappa shape index (κ1) is 18.6. The van der Waals surface area contributed by atoms with Crippen molar-refractivity contribution in [2.24, 2.45) is 0 Å². The van der Waals surface area contributed by atoms with Gasteiger partial charge in [-0.3, -0.25) is 9.69 Å². The molecular weight excluding hydrogens is 403 g/mol. The van der Waals surface area contributed by atoms with E-state index in [1.54, 1.807) is 24.3 Å². The first-order valence-corrected chi connectivity index (χ1v) is 9.88. The highest BCUT2D eigenvalue weighted by molar-refractivity contribution is 7.98. The van der Waals surface area contributed by atoms with Gasteiger partial charge < -0.3 is 4.74 Å². The van der Waals surface area contributed by atoms with Gasteiger partial charge in [0.2, 0.25) is 23.2 Å². The van der Waals surface area contributed by atoms with Crippen molar-refractivity contribution in [1.82, 2.24) is 15.2 Å². The summed E-state index contributed by atoms with van der Waals surface area (Å²) in [6, 6.07) is 11.1. The maximum atomic E-state index is 14.0. The number of aromatic nitrogens is 3. The molecule has 0 unspecified atom stereocenters. The number of halogens is 2. The van der Waals surface area contributed by atoms with E-state index in [-0.39, 0.29) is 17.5 Å². The smallest absolute Gasteiger partial charge is 0.247 e. The molecular formula is C19H14ClFN4O2S. The van der Waals surface area contributed by atoms with Crippen LogP contribution >= 0.6 is 23.4 Å². The Labute approximate surface area is 169 Å². The van der Waals surface area contributed by atoms with E-state index in [1.807, 2.05) is 6.26 Å². The van der Waals surface area contributed by atoms with Crippen molar-refractivity contribution in [3.63, 3.8) is 0 Å². The van der Waals surface area contributed by atoms with Gasteiger partial charge in [-0.25, -0.2) is 4.39 Å². The predicted octanol–water partition coefficient (Wildman–Crippen LogP) is 4.50. The van der Waals surface area contributed by atoms with E-state index in [4.69, 9.17) is 16.3 Å². The number of nitrogens with zero attached hydrogens (tertiary/aromatic N) is 4. The topological polar surface area (TPSA) is 68.2 Å². The molecule has 2 heterocycles. The lowest BCUT2D eigenvalue weighted by molar-refractivity contribution is -0.118. The Bertz CT molecular complexity index is 1080. The lowest BCUT2D eigenvalue weighted by Crippen LogP contribution is -2.36. The number of thioether (sulfide) groups is 1. The monoisotopic (exact) mass is 416 g/mol. The lowest BCUT2D eigenvalue weighted by Gasteiger charge is -2.30. The second kappa shape index (κ2) is 7.37. The van der Waals surface area contributed by atoms with Crippen molar-refractivity contribution >= 4 is 35.0 Å². The number of amides is 1. The Kier molecular flexibility index (Phi) is 4.91. The molecule has 9 heteroatoms. The summed E-state index contributed by atoms with van der Waals surface area (Å²) in [6.45, 7) is 1.41. The van der Waals surface area contributed by atoms with E-state index in [0.29, 0.717) is 27.0 Å². The first-order chi connectivity index (χ1) is 13.5. The van der Waals surface area contributed by atoms with Crippen LogP contribution in [-0.4, -0.2) is 27.3 Å². The van der Waals surface area contributed by atoms with Gasteiger partial charge in [0.1, 0.15) is 5.82 Å². The Hall–Kier alpha value is -2.71. The second-order valence-corrected chi connectivity index (χ2v) is 7.24. The molecule has 3 aromatic rings. The minimum Gasteiger partial charge on any atom is -0.447 e. The molecule has 0 N–H and O–H groups in total. The Balaban J connectivity index is 2.00. The zero-order chi connectivity index (χ0) is 19.8. The van der Waals surface area contributed by atoms with Crippen LogP contribution in [0.2, 0.25) is 5.02 Å². The molecule has 0 saturated carbocycles. The summed E-state index contributed by atoms with van der Waals surface area (Å²) in [6.07, 6.45) is 0.956. The summed E-state index contributed by atoms with van der Waals surface area (Å²) in [4.78, 5) is 18.4. The summed E-state index contributed by atoms with van der Waals surface area (Å²) in [5, 5.41) is 9.12. The predicted molar refractivity (Wildman–Crippen MR) is 105 cm³/mol. The fourth-order valence-electron chi connectivity index (χ4n) is 3.04. The second-order valence-electron chi connectivity index (χ2n) is 6.03. The summed E-state index contributed by atoms with van der Waals surface area (Å²) < 4.78 is 20.2. The third kappa shape index (κ3) is 3.29. The molecule has 142 valence electrons. The molecule has 0 radical (unpaired) electrons. The standard InChI is InChI=1S/C19H14ClFN4O2S/c1-10(26)25-15-7-6-13(21)9-14(15)16-17(22-19(28-2)24-23-16)27-18(25)11-4-3-5-12(20)8-11/h3-9,18H,1-2H3/t18-/m1/s1. The molecule has 0 spiro atoms. The third-order valence-corrected chi connectivity index (χ3v) is 5.00. The lowest BCUT2D eigenvalue weighted by atomic mass is 10.1. The number of hydrogen-bond acceptors (Lipinski definition) is 6. The number of anilines is 1.